The van der Waals surface area contributed by atoms with E-state index in [0.29, 0.717) is 0 Å². The Morgan fingerprint density at radius 1 is 1.60 bits per heavy atom. The molecule has 4 nitrogen and oxygen atoms in total. The highest BCUT2D eigenvalue weighted by Crippen LogP contribution is 2.21. The van der Waals surface area contributed by atoms with Gasteiger partial charge in [-0.1, -0.05) is 0 Å². The molecule has 5 heteroatoms. The van der Waals surface area contributed by atoms with Gasteiger partial charge in [-0.05, 0) is 18.2 Å². The van der Waals surface area contributed by atoms with Crippen molar-refractivity contribution in [2.24, 2.45) is 0 Å². The SMILES string of the molecule is N#CC=Cc1cc(F)cc(C(=O)O)c1N. The molecule has 1 rings (SSSR count). The lowest BCUT2D eigenvalue weighted by Gasteiger charge is -2.04. The zero-order valence-corrected chi connectivity index (χ0v) is 7.57. The monoisotopic (exact) mass is 206 g/mol. The summed E-state index contributed by atoms with van der Waals surface area (Å²) >= 11 is 0. The van der Waals surface area contributed by atoms with Gasteiger partial charge in [-0.2, -0.15) is 5.26 Å². The Hall–Kier alpha value is -2.35. The molecule has 0 heterocycles. The van der Waals surface area contributed by atoms with E-state index < -0.39 is 11.8 Å². The second kappa shape index (κ2) is 4.24. The number of carboxylic acids is 1. The summed E-state index contributed by atoms with van der Waals surface area (Å²) in [6, 6.07) is 3.61. The number of nitrogen functional groups attached to an aromatic ring is 1. The minimum Gasteiger partial charge on any atom is -0.478 e. The zero-order valence-electron chi connectivity index (χ0n) is 7.57. The molecule has 1 aromatic carbocycles. The molecular weight excluding hydrogens is 199 g/mol. The number of allylic oxidation sites excluding steroid dienone is 1. The maximum Gasteiger partial charge on any atom is 0.337 e. The van der Waals surface area contributed by atoms with Crippen LogP contribution < -0.4 is 5.73 Å². The maximum atomic E-state index is 13.0. The van der Waals surface area contributed by atoms with Crippen molar-refractivity contribution in [3.8, 4) is 6.07 Å². The fourth-order valence-electron chi connectivity index (χ4n) is 1.08. The highest BCUT2D eigenvalue weighted by atomic mass is 19.1. The summed E-state index contributed by atoms with van der Waals surface area (Å²) in [6.45, 7) is 0. The number of halogens is 1. The summed E-state index contributed by atoms with van der Waals surface area (Å²) in [5.41, 5.74) is 5.29. The van der Waals surface area contributed by atoms with E-state index >= 15 is 0 Å². The summed E-state index contributed by atoms with van der Waals surface area (Å²) in [7, 11) is 0. The van der Waals surface area contributed by atoms with E-state index in [0.717, 1.165) is 18.2 Å². The van der Waals surface area contributed by atoms with Crippen molar-refractivity contribution in [2.75, 3.05) is 5.73 Å². The molecule has 0 unspecified atom stereocenters. The molecular formula is C10H7FN2O2. The molecule has 0 atom stereocenters. The van der Waals surface area contributed by atoms with Gasteiger partial charge in [-0.25, -0.2) is 9.18 Å². The van der Waals surface area contributed by atoms with Crippen LogP contribution in [0.1, 0.15) is 15.9 Å². The van der Waals surface area contributed by atoms with Crippen LogP contribution in [-0.2, 0) is 0 Å². The quantitative estimate of drug-likeness (QED) is 0.568. The first-order chi connectivity index (χ1) is 7.06. The number of hydrogen-bond acceptors (Lipinski definition) is 3. The molecule has 0 aliphatic rings. The van der Waals surface area contributed by atoms with Gasteiger partial charge in [0.15, 0.2) is 0 Å². The first-order valence-corrected chi connectivity index (χ1v) is 3.94. The molecule has 0 amide bonds. The van der Waals surface area contributed by atoms with E-state index in [-0.39, 0.29) is 16.8 Å². The molecule has 0 saturated heterocycles. The Bertz CT molecular complexity index is 475. The summed E-state index contributed by atoms with van der Waals surface area (Å²) in [5, 5.41) is 17.0. The molecule has 0 bridgehead atoms. The van der Waals surface area contributed by atoms with Gasteiger partial charge in [0, 0.05) is 11.6 Å². The van der Waals surface area contributed by atoms with Crippen LogP contribution in [-0.4, -0.2) is 11.1 Å². The molecule has 76 valence electrons. The second-order valence-corrected chi connectivity index (χ2v) is 2.72. The Balaban J connectivity index is 3.36. The van der Waals surface area contributed by atoms with Crippen LogP contribution in [0.25, 0.3) is 6.08 Å². The van der Waals surface area contributed by atoms with Gasteiger partial charge >= 0.3 is 5.97 Å². The van der Waals surface area contributed by atoms with E-state index in [2.05, 4.69) is 0 Å². The molecule has 1 aromatic rings. The number of nitrogens with zero attached hydrogens (tertiary/aromatic N) is 1. The Morgan fingerprint density at radius 2 is 2.27 bits per heavy atom. The van der Waals surface area contributed by atoms with Crippen LogP contribution >= 0.6 is 0 Å². The van der Waals surface area contributed by atoms with Crippen molar-refractivity contribution in [3.05, 3.63) is 35.2 Å². The van der Waals surface area contributed by atoms with Crippen LogP contribution in [0.2, 0.25) is 0 Å². The lowest BCUT2D eigenvalue weighted by atomic mass is 10.1. The van der Waals surface area contributed by atoms with Crippen LogP contribution in [0.5, 0.6) is 0 Å². The number of carboxylic acid groups (broad SMARTS) is 1. The number of benzene rings is 1. The van der Waals surface area contributed by atoms with Crippen molar-refractivity contribution < 1.29 is 14.3 Å². The number of nitrogens with two attached hydrogens (primary N) is 1. The van der Waals surface area contributed by atoms with Crippen molar-refractivity contribution in [2.45, 2.75) is 0 Å². The lowest BCUT2D eigenvalue weighted by Crippen LogP contribution is -2.05. The topological polar surface area (TPSA) is 87.1 Å². The average Bonchev–Trinajstić information content (AvgIpc) is 2.18. The van der Waals surface area contributed by atoms with E-state index in [4.69, 9.17) is 16.1 Å². The fraction of sp³-hybridized carbons (Fsp3) is 0. The lowest BCUT2D eigenvalue weighted by molar-refractivity contribution is 0.0697. The van der Waals surface area contributed by atoms with Crippen LogP contribution in [0.15, 0.2) is 18.2 Å². The van der Waals surface area contributed by atoms with E-state index in [9.17, 15) is 9.18 Å². The Labute approximate surface area is 85.1 Å². The van der Waals surface area contributed by atoms with Gasteiger partial charge in [0.05, 0.1) is 17.3 Å². The normalized spacial score (nSPS) is 10.1. The Kier molecular flexibility index (Phi) is 3.03. The summed E-state index contributed by atoms with van der Waals surface area (Å²) < 4.78 is 13.0. The van der Waals surface area contributed by atoms with Crippen molar-refractivity contribution in [1.29, 1.82) is 5.26 Å². The summed E-state index contributed by atoms with van der Waals surface area (Å²) in [4.78, 5) is 10.7. The zero-order chi connectivity index (χ0) is 11.4. The molecule has 15 heavy (non-hydrogen) atoms. The number of nitriles is 1. The molecule has 0 aliphatic carbocycles. The smallest absolute Gasteiger partial charge is 0.337 e. The first-order valence-electron chi connectivity index (χ1n) is 3.94. The minimum absolute atomic E-state index is 0.0598. The molecule has 0 saturated carbocycles. The predicted octanol–water partition coefficient (Wildman–Crippen LogP) is 1.64. The molecule has 0 radical (unpaired) electrons. The Morgan fingerprint density at radius 3 is 2.80 bits per heavy atom. The van der Waals surface area contributed by atoms with Crippen LogP contribution in [0, 0.1) is 17.1 Å². The van der Waals surface area contributed by atoms with Gasteiger partial charge < -0.3 is 10.8 Å². The van der Waals surface area contributed by atoms with E-state index in [1.54, 1.807) is 6.07 Å². The van der Waals surface area contributed by atoms with E-state index in [1.165, 1.54) is 6.08 Å². The number of carbonyl (C=O) groups is 1. The minimum atomic E-state index is -1.31. The van der Waals surface area contributed by atoms with Crippen molar-refractivity contribution in [1.82, 2.24) is 0 Å². The number of anilines is 1. The maximum absolute atomic E-state index is 13.0. The highest BCUT2D eigenvalue weighted by molar-refractivity contribution is 5.95. The van der Waals surface area contributed by atoms with Gasteiger partial charge in [-0.15, -0.1) is 0 Å². The van der Waals surface area contributed by atoms with Crippen LogP contribution in [0.3, 0.4) is 0 Å². The average molecular weight is 206 g/mol. The second-order valence-electron chi connectivity index (χ2n) is 2.72. The molecule has 0 fully saturated rings. The standard InChI is InChI=1S/C10H7FN2O2/c11-7-4-6(2-1-3-12)9(13)8(5-7)10(14)15/h1-2,4-5H,13H2,(H,14,15). The third-order valence-electron chi connectivity index (χ3n) is 1.74. The molecule has 0 spiro atoms. The molecule has 3 N–H and O–H groups in total. The number of rotatable bonds is 2. The third kappa shape index (κ3) is 2.31. The largest absolute Gasteiger partial charge is 0.478 e. The van der Waals surface area contributed by atoms with Crippen LogP contribution in [0.4, 0.5) is 10.1 Å². The van der Waals surface area contributed by atoms with Gasteiger partial charge in [-0.3, -0.25) is 0 Å². The van der Waals surface area contributed by atoms with Crippen molar-refractivity contribution in [3.63, 3.8) is 0 Å². The fourth-order valence-corrected chi connectivity index (χ4v) is 1.08. The van der Waals surface area contributed by atoms with Crippen molar-refractivity contribution >= 4 is 17.7 Å². The molecule has 0 aromatic heterocycles. The van der Waals surface area contributed by atoms with E-state index in [1.807, 2.05) is 0 Å². The summed E-state index contributed by atoms with van der Waals surface area (Å²) in [6.07, 6.45) is 2.35. The third-order valence-corrected chi connectivity index (χ3v) is 1.74. The number of hydrogen-bond donors (Lipinski definition) is 2. The van der Waals surface area contributed by atoms with Gasteiger partial charge in [0.25, 0.3) is 0 Å². The summed E-state index contributed by atoms with van der Waals surface area (Å²) in [5.74, 6) is -2.02. The first kappa shape index (κ1) is 10.7. The van der Waals surface area contributed by atoms with Gasteiger partial charge in [0.1, 0.15) is 5.82 Å². The predicted molar refractivity (Wildman–Crippen MR) is 52.4 cm³/mol. The number of aromatic carboxylic acids is 1. The highest BCUT2D eigenvalue weighted by Gasteiger charge is 2.12. The van der Waals surface area contributed by atoms with Gasteiger partial charge in [0.2, 0.25) is 0 Å². The molecule has 0 aliphatic heterocycles.